The fourth-order valence-corrected chi connectivity index (χ4v) is 2.69. The van der Waals surface area contributed by atoms with E-state index in [9.17, 15) is 0 Å². The average Bonchev–Trinajstić information content (AvgIpc) is 3.19. The van der Waals surface area contributed by atoms with Gasteiger partial charge in [0.2, 0.25) is 0 Å². The number of benzene rings is 2. The molecule has 4 heteroatoms. The average molecular weight is 336 g/mol. The van der Waals surface area contributed by atoms with Crippen molar-refractivity contribution in [3.05, 3.63) is 78.1 Å². The zero-order valence-electron chi connectivity index (χ0n) is 14.6. The van der Waals surface area contributed by atoms with E-state index < -0.39 is 0 Å². The summed E-state index contributed by atoms with van der Waals surface area (Å²) in [6.07, 6.45) is 6.77. The molecule has 2 aromatic carbocycles. The lowest BCUT2D eigenvalue weighted by molar-refractivity contribution is 0.311. The summed E-state index contributed by atoms with van der Waals surface area (Å²) >= 11 is 0. The van der Waals surface area contributed by atoms with Crippen LogP contribution in [0.4, 0.5) is 0 Å². The first-order valence-electron chi connectivity index (χ1n) is 8.65. The van der Waals surface area contributed by atoms with Gasteiger partial charge in [-0.25, -0.2) is 0 Å². The van der Waals surface area contributed by atoms with Gasteiger partial charge in [0.05, 0.1) is 13.7 Å². The van der Waals surface area contributed by atoms with Crippen LogP contribution >= 0.6 is 0 Å². The van der Waals surface area contributed by atoms with Gasteiger partial charge in [-0.05, 0) is 60.7 Å². The molecule has 0 spiro atoms. The molecule has 0 saturated heterocycles. The summed E-state index contributed by atoms with van der Waals surface area (Å²) in [5, 5.41) is 4.22. The first-order valence-corrected chi connectivity index (χ1v) is 8.65. The molecule has 25 heavy (non-hydrogen) atoms. The van der Waals surface area contributed by atoms with Crippen LogP contribution < -0.4 is 9.47 Å². The molecule has 1 heterocycles. The maximum atomic E-state index is 5.84. The number of aryl methyl sites for hydroxylation is 3. The maximum Gasteiger partial charge on any atom is 0.119 e. The summed E-state index contributed by atoms with van der Waals surface area (Å²) in [7, 11) is 1.69. The first-order chi connectivity index (χ1) is 12.3. The lowest BCUT2D eigenvalue weighted by Gasteiger charge is -2.08. The van der Waals surface area contributed by atoms with Crippen LogP contribution in [0.25, 0.3) is 0 Å². The van der Waals surface area contributed by atoms with E-state index >= 15 is 0 Å². The van der Waals surface area contributed by atoms with Crippen molar-refractivity contribution in [3.8, 4) is 11.5 Å². The second kappa shape index (κ2) is 8.92. The highest BCUT2D eigenvalue weighted by Crippen LogP contribution is 2.15. The van der Waals surface area contributed by atoms with Crippen LogP contribution in [0, 0.1) is 0 Å². The summed E-state index contributed by atoms with van der Waals surface area (Å²) in [6, 6.07) is 18.5. The highest BCUT2D eigenvalue weighted by atomic mass is 16.5. The van der Waals surface area contributed by atoms with E-state index in [1.54, 1.807) is 7.11 Å². The minimum atomic E-state index is 0.721. The van der Waals surface area contributed by atoms with Crippen LogP contribution in [0.3, 0.4) is 0 Å². The van der Waals surface area contributed by atoms with Crippen LogP contribution in [0.5, 0.6) is 11.5 Å². The summed E-state index contributed by atoms with van der Waals surface area (Å²) in [6.45, 7) is 1.62. The van der Waals surface area contributed by atoms with Crippen LogP contribution in [0.15, 0.2) is 67.0 Å². The van der Waals surface area contributed by atoms with Gasteiger partial charge in [-0.15, -0.1) is 0 Å². The van der Waals surface area contributed by atoms with Gasteiger partial charge in [0.1, 0.15) is 11.5 Å². The van der Waals surface area contributed by atoms with Crippen molar-refractivity contribution in [2.75, 3.05) is 13.7 Å². The van der Waals surface area contributed by atoms with E-state index in [1.807, 2.05) is 47.4 Å². The molecular weight excluding hydrogens is 312 g/mol. The van der Waals surface area contributed by atoms with Crippen molar-refractivity contribution in [3.63, 3.8) is 0 Å². The van der Waals surface area contributed by atoms with Gasteiger partial charge in [-0.1, -0.05) is 24.3 Å². The molecule has 0 atom stereocenters. The zero-order valence-corrected chi connectivity index (χ0v) is 14.6. The molecule has 3 aromatic rings. The van der Waals surface area contributed by atoms with E-state index in [-0.39, 0.29) is 0 Å². The molecule has 4 nitrogen and oxygen atoms in total. The van der Waals surface area contributed by atoms with Gasteiger partial charge in [0.15, 0.2) is 0 Å². The summed E-state index contributed by atoms with van der Waals surface area (Å²) in [5.74, 6) is 1.82. The molecule has 0 bridgehead atoms. The number of rotatable bonds is 9. The van der Waals surface area contributed by atoms with Crippen LogP contribution in [-0.2, 0) is 19.4 Å². The molecule has 0 radical (unpaired) electrons. The fraction of sp³-hybridized carbons (Fsp3) is 0.286. The van der Waals surface area contributed by atoms with Gasteiger partial charge in [0.25, 0.3) is 0 Å². The number of nitrogens with zero attached hydrogens (tertiary/aromatic N) is 2. The smallest absolute Gasteiger partial charge is 0.119 e. The second-order valence-electron chi connectivity index (χ2n) is 5.96. The predicted octanol–water partition coefficient (Wildman–Crippen LogP) is 4.15. The Hall–Kier alpha value is -2.75. The largest absolute Gasteiger partial charge is 0.497 e. The van der Waals surface area contributed by atoms with Gasteiger partial charge in [0, 0.05) is 18.9 Å². The third kappa shape index (κ3) is 5.38. The molecule has 130 valence electrons. The lowest BCUT2D eigenvalue weighted by atomic mass is 10.1. The Kier molecular flexibility index (Phi) is 6.10. The predicted molar refractivity (Wildman–Crippen MR) is 99.2 cm³/mol. The Labute approximate surface area is 149 Å². The SMILES string of the molecule is COc1ccc(CCCOc2ccc(CCn3cccn3)cc2)cc1. The number of hydrogen-bond donors (Lipinski definition) is 0. The van der Waals surface area contributed by atoms with Crippen molar-refractivity contribution in [1.29, 1.82) is 0 Å². The van der Waals surface area contributed by atoms with Crippen LogP contribution in [0.2, 0.25) is 0 Å². The molecule has 0 saturated carbocycles. The molecule has 0 aliphatic heterocycles. The molecule has 0 N–H and O–H groups in total. The minimum absolute atomic E-state index is 0.721. The monoisotopic (exact) mass is 336 g/mol. The van der Waals surface area contributed by atoms with E-state index in [0.29, 0.717) is 0 Å². The molecule has 0 aliphatic carbocycles. The van der Waals surface area contributed by atoms with E-state index in [4.69, 9.17) is 9.47 Å². The van der Waals surface area contributed by atoms with Crippen LogP contribution in [-0.4, -0.2) is 23.5 Å². The maximum absolute atomic E-state index is 5.84. The zero-order chi connectivity index (χ0) is 17.3. The number of ether oxygens (including phenoxy) is 2. The van der Waals surface area contributed by atoms with Gasteiger partial charge >= 0.3 is 0 Å². The minimum Gasteiger partial charge on any atom is -0.497 e. The molecule has 3 rings (SSSR count). The summed E-state index contributed by atoms with van der Waals surface area (Å²) in [5.41, 5.74) is 2.60. The van der Waals surface area contributed by atoms with E-state index in [0.717, 1.165) is 43.9 Å². The van der Waals surface area contributed by atoms with Crippen molar-refractivity contribution < 1.29 is 9.47 Å². The molecular formula is C21H24N2O2. The third-order valence-electron chi connectivity index (χ3n) is 4.15. The normalized spacial score (nSPS) is 10.6. The van der Waals surface area contributed by atoms with Gasteiger partial charge in [-0.3, -0.25) is 4.68 Å². The van der Waals surface area contributed by atoms with E-state index in [1.165, 1.54) is 11.1 Å². The van der Waals surface area contributed by atoms with Gasteiger partial charge < -0.3 is 9.47 Å². The number of aromatic nitrogens is 2. The Bertz CT molecular complexity index is 735. The Balaban J connectivity index is 1.37. The summed E-state index contributed by atoms with van der Waals surface area (Å²) in [4.78, 5) is 0. The Morgan fingerprint density at radius 2 is 1.56 bits per heavy atom. The van der Waals surface area contributed by atoms with Crippen molar-refractivity contribution in [2.24, 2.45) is 0 Å². The highest BCUT2D eigenvalue weighted by molar-refractivity contribution is 5.28. The highest BCUT2D eigenvalue weighted by Gasteiger charge is 1.99. The molecule has 1 aromatic heterocycles. The lowest BCUT2D eigenvalue weighted by Crippen LogP contribution is -2.02. The third-order valence-corrected chi connectivity index (χ3v) is 4.15. The van der Waals surface area contributed by atoms with Gasteiger partial charge in [-0.2, -0.15) is 5.10 Å². The molecule has 0 unspecified atom stereocenters. The fourth-order valence-electron chi connectivity index (χ4n) is 2.69. The molecule has 0 fully saturated rings. The second-order valence-corrected chi connectivity index (χ2v) is 5.96. The summed E-state index contributed by atoms with van der Waals surface area (Å²) < 4.78 is 13.0. The van der Waals surface area contributed by atoms with Crippen molar-refractivity contribution in [2.45, 2.75) is 25.8 Å². The van der Waals surface area contributed by atoms with E-state index in [2.05, 4.69) is 29.4 Å². The standard InChI is InChI=1S/C21H24N2O2/c1-24-20-9-5-18(6-10-20)4-2-17-25-21-11-7-19(8-12-21)13-16-23-15-3-14-22-23/h3,5-12,14-15H,2,4,13,16-17H2,1H3. The molecule has 0 amide bonds. The Morgan fingerprint density at radius 1 is 0.880 bits per heavy atom. The molecule has 0 aliphatic rings. The quantitative estimate of drug-likeness (QED) is 0.551. The number of methoxy groups -OCH3 is 1. The Morgan fingerprint density at radius 3 is 2.20 bits per heavy atom. The topological polar surface area (TPSA) is 36.3 Å². The number of hydrogen-bond acceptors (Lipinski definition) is 3. The first kappa shape index (κ1) is 17.1. The van der Waals surface area contributed by atoms with Crippen LogP contribution in [0.1, 0.15) is 17.5 Å². The van der Waals surface area contributed by atoms with Crippen molar-refractivity contribution in [1.82, 2.24) is 9.78 Å². The van der Waals surface area contributed by atoms with Crippen molar-refractivity contribution >= 4 is 0 Å².